The number of carbonyl (C=O) groups is 2. The molecule has 0 fully saturated rings. The van der Waals surface area contributed by atoms with E-state index in [4.69, 9.17) is 4.74 Å². The van der Waals surface area contributed by atoms with E-state index in [9.17, 15) is 9.59 Å². The van der Waals surface area contributed by atoms with Crippen LogP contribution in [0.4, 0.5) is 5.69 Å². The van der Waals surface area contributed by atoms with Gasteiger partial charge in [-0.1, -0.05) is 49.4 Å². The SMILES string of the molecule is CCC(C)N(CCC(=O)Nc1ccc2ccccc2c1)C(=O)Cc1ccc(OC)cc1. The van der Waals surface area contributed by atoms with Crippen LogP contribution >= 0.6 is 0 Å². The minimum Gasteiger partial charge on any atom is -0.497 e. The topological polar surface area (TPSA) is 58.6 Å². The Morgan fingerprint density at radius 2 is 1.71 bits per heavy atom. The lowest BCUT2D eigenvalue weighted by Gasteiger charge is -2.28. The van der Waals surface area contributed by atoms with Crippen LogP contribution in [-0.4, -0.2) is 36.4 Å². The Balaban J connectivity index is 1.60. The van der Waals surface area contributed by atoms with Gasteiger partial charge in [0.25, 0.3) is 0 Å². The molecule has 2 amide bonds. The Morgan fingerprint density at radius 3 is 2.39 bits per heavy atom. The first kappa shape index (κ1) is 22.3. The fourth-order valence-corrected chi connectivity index (χ4v) is 3.54. The number of ether oxygens (including phenoxy) is 1. The minimum absolute atomic E-state index is 0.0259. The van der Waals surface area contributed by atoms with Gasteiger partial charge in [0.05, 0.1) is 13.5 Å². The summed E-state index contributed by atoms with van der Waals surface area (Å²) in [6.07, 6.45) is 1.40. The maximum atomic E-state index is 12.9. The maximum Gasteiger partial charge on any atom is 0.227 e. The van der Waals surface area contributed by atoms with Crippen molar-refractivity contribution in [2.24, 2.45) is 0 Å². The molecule has 31 heavy (non-hydrogen) atoms. The zero-order valence-corrected chi connectivity index (χ0v) is 18.4. The van der Waals surface area contributed by atoms with Crippen LogP contribution in [0, 0.1) is 0 Å². The molecule has 0 bridgehead atoms. The molecule has 162 valence electrons. The number of rotatable bonds is 9. The van der Waals surface area contributed by atoms with E-state index in [-0.39, 0.29) is 24.3 Å². The van der Waals surface area contributed by atoms with E-state index in [0.717, 1.165) is 34.2 Å². The fraction of sp³-hybridized carbons (Fsp3) is 0.308. The molecular weight excluding hydrogens is 388 g/mol. The summed E-state index contributed by atoms with van der Waals surface area (Å²) in [6, 6.07) is 21.5. The molecular formula is C26H30N2O3. The Kier molecular flexibility index (Phi) is 7.65. The molecule has 3 aromatic rings. The second kappa shape index (κ2) is 10.6. The van der Waals surface area contributed by atoms with E-state index in [1.807, 2.05) is 85.5 Å². The first-order valence-corrected chi connectivity index (χ1v) is 10.7. The van der Waals surface area contributed by atoms with Gasteiger partial charge in [-0.15, -0.1) is 0 Å². The largest absolute Gasteiger partial charge is 0.497 e. The van der Waals surface area contributed by atoms with Gasteiger partial charge in [0.1, 0.15) is 5.75 Å². The number of nitrogens with one attached hydrogen (secondary N) is 1. The van der Waals surface area contributed by atoms with Gasteiger partial charge in [-0.2, -0.15) is 0 Å². The summed E-state index contributed by atoms with van der Waals surface area (Å²) in [5.74, 6) is 0.694. The molecule has 0 saturated heterocycles. The molecule has 0 saturated carbocycles. The average molecular weight is 419 g/mol. The van der Waals surface area contributed by atoms with Crippen LogP contribution in [0.25, 0.3) is 10.8 Å². The highest BCUT2D eigenvalue weighted by Gasteiger charge is 2.20. The molecule has 0 aliphatic carbocycles. The molecule has 1 unspecified atom stereocenters. The third-order valence-electron chi connectivity index (χ3n) is 5.57. The fourth-order valence-electron chi connectivity index (χ4n) is 3.54. The Labute approximate surface area is 184 Å². The van der Waals surface area contributed by atoms with Crippen molar-refractivity contribution in [1.29, 1.82) is 0 Å². The summed E-state index contributed by atoms with van der Waals surface area (Å²) in [4.78, 5) is 27.3. The average Bonchev–Trinajstić information content (AvgIpc) is 2.79. The van der Waals surface area contributed by atoms with Crippen LogP contribution < -0.4 is 10.1 Å². The smallest absolute Gasteiger partial charge is 0.227 e. The third kappa shape index (κ3) is 6.07. The van der Waals surface area contributed by atoms with Crippen molar-refractivity contribution in [3.05, 3.63) is 72.3 Å². The number of anilines is 1. The van der Waals surface area contributed by atoms with E-state index in [1.165, 1.54) is 0 Å². The number of nitrogens with zero attached hydrogens (tertiary/aromatic N) is 1. The quantitative estimate of drug-likeness (QED) is 0.529. The lowest BCUT2D eigenvalue weighted by atomic mass is 10.1. The zero-order valence-electron chi connectivity index (χ0n) is 18.4. The van der Waals surface area contributed by atoms with Crippen LogP contribution in [-0.2, 0) is 16.0 Å². The second-order valence-electron chi connectivity index (χ2n) is 7.73. The summed E-state index contributed by atoms with van der Waals surface area (Å²) in [5, 5.41) is 5.17. The highest BCUT2D eigenvalue weighted by atomic mass is 16.5. The van der Waals surface area contributed by atoms with Gasteiger partial charge in [0.2, 0.25) is 11.8 Å². The van der Waals surface area contributed by atoms with E-state index >= 15 is 0 Å². The first-order valence-electron chi connectivity index (χ1n) is 10.7. The standard InChI is InChI=1S/C26H30N2O3/c1-4-19(2)28(26(30)17-20-9-13-24(31-3)14-10-20)16-15-25(29)27-23-12-11-21-7-5-6-8-22(21)18-23/h5-14,18-19H,4,15-17H2,1-3H3,(H,27,29). The van der Waals surface area contributed by atoms with Gasteiger partial charge < -0.3 is 15.0 Å². The lowest BCUT2D eigenvalue weighted by molar-refractivity contribution is -0.133. The molecule has 5 nitrogen and oxygen atoms in total. The summed E-state index contributed by atoms with van der Waals surface area (Å²) in [6.45, 7) is 4.46. The number of hydrogen-bond donors (Lipinski definition) is 1. The molecule has 5 heteroatoms. The molecule has 0 aliphatic rings. The zero-order chi connectivity index (χ0) is 22.2. The van der Waals surface area contributed by atoms with Crippen molar-refractivity contribution in [2.75, 3.05) is 19.0 Å². The van der Waals surface area contributed by atoms with E-state index in [2.05, 4.69) is 5.32 Å². The maximum absolute atomic E-state index is 12.9. The summed E-state index contributed by atoms with van der Waals surface area (Å²) >= 11 is 0. The van der Waals surface area contributed by atoms with Crippen LogP contribution in [0.2, 0.25) is 0 Å². The van der Waals surface area contributed by atoms with Crippen molar-refractivity contribution in [2.45, 2.75) is 39.2 Å². The van der Waals surface area contributed by atoms with Gasteiger partial charge in [-0.25, -0.2) is 0 Å². The van der Waals surface area contributed by atoms with Crippen molar-refractivity contribution < 1.29 is 14.3 Å². The van der Waals surface area contributed by atoms with Crippen molar-refractivity contribution in [3.63, 3.8) is 0 Å². The normalized spacial score (nSPS) is 11.7. The van der Waals surface area contributed by atoms with Gasteiger partial charge in [0.15, 0.2) is 0 Å². The van der Waals surface area contributed by atoms with Crippen LogP contribution in [0.15, 0.2) is 66.7 Å². The Bertz CT molecular complexity index is 1030. The predicted molar refractivity (Wildman–Crippen MR) is 125 cm³/mol. The van der Waals surface area contributed by atoms with Crippen molar-refractivity contribution in [3.8, 4) is 5.75 Å². The van der Waals surface area contributed by atoms with Crippen LogP contribution in [0.1, 0.15) is 32.3 Å². The lowest BCUT2D eigenvalue weighted by Crippen LogP contribution is -2.41. The molecule has 0 aromatic heterocycles. The van der Waals surface area contributed by atoms with Crippen molar-refractivity contribution >= 4 is 28.3 Å². The van der Waals surface area contributed by atoms with Gasteiger partial charge in [0, 0.05) is 24.7 Å². The van der Waals surface area contributed by atoms with Gasteiger partial charge in [-0.05, 0) is 53.9 Å². The minimum atomic E-state index is -0.0965. The predicted octanol–water partition coefficient (Wildman–Crippen LogP) is 5.05. The molecule has 3 rings (SSSR count). The van der Waals surface area contributed by atoms with E-state index in [0.29, 0.717) is 13.0 Å². The van der Waals surface area contributed by atoms with E-state index in [1.54, 1.807) is 7.11 Å². The number of methoxy groups -OCH3 is 1. The summed E-state index contributed by atoms with van der Waals surface area (Å²) in [5.41, 5.74) is 1.70. The molecule has 0 spiro atoms. The number of fused-ring (bicyclic) bond motifs is 1. The molecule has 1 N–H and O–H groups in total. The molecule has 0 aliphatic heterocycles. The Morgan fingerprint density at radius 1 is 1.00 bits per heavy atom. The molecule has 0 radical (unpaired) electrons. The number of amides is 2. The third-order valence-corrected chi connectivity index (χ3v) is 5.57. The number of hydrogen-bond acceptors (Lipinski definition) is 3. The van der Waals surface area contributed by atoms with Crippen LogP contribution in [0.3, 0.4) is 0 Å². The molecule has 3 aromatic carbocycles. The van der Waals surface area contributed by atoms with Gasteiger partial charge in [-0.3, -0.25) is 9.59 Å². The highest BCUT2D eigenvalue weighted by molar-refractivity contribution is 5.94. The number of benzene rings is 3. The highest BCUT2D eigenvalue weighted by Crippen LogP contribution is 2.19. The molecule has 0 heterocycles. The van der Waals surface area contributed by atoms with Crippen molar-refractivity contribution in [1.82, 2.24) is 4.90 Å². The monoisotopic (exact) mass is 418 g/mol. The summed E-state index contributed by atoms with van der Waals surface area (Å²) < 4.78 is 5.17. The second-order valence-corrected chi connectivity index (χ2v) is 7.73. The first-order chi connectivity index (χ1) is 15.0. The number of carbonyl (C=O) groups excluding carboxylic acids is 2. The Hall–Kier alpha value is -3.34. The van der Waals surface area contributed by atoms with Gasteiger partial charge >= 0.3 is 0 Å². The van der Waals surface area contributed by atoms with E-state index < -0.39 is 0 Å². The van der Waals surface area contributed by atoms with Crippen LogP contribution in [0.5, 0.6) is 5.75 Å². The molecule has 1 atom stereocenters. The summed E-state index contributed by atoms with van der Waals surface area (Å²) in [7, 11) is 1.62.